The van der Waals surface area contributed by atoms with Crippen molar-refractivity contribution in [1.29, 1.82) is 0 Å². The summed E-state index contributed by atoms with van der Waals surface area (Å²) in [6.07, 6.45) is 0. The fourth-order valence-electron chi connectivity index (χ4n) is 2.72. The molecule has 0 heterocycles. The second-order valence-corrected chi connectivity index (χ2v) is 6.87. The Morgan fingerprint density at radius 3 is 2.00 bits per heavy atom. The zero-order valence-electron chi connectivity index (χ0n) is 14.8. The molecular weight excluding hydrogens is 397 g/mol. The third-order valence-electron chi connectivity index (χ3n) is 4.05. The summed E-state index contributed by atoms with van der Waals surface area (Å²) in [4.78, 5) is 24.6. The van der Waals surface area contributed by atoms with Crippen molar-refractivity contribution < 1.29 is 14.3 Å². The largest absolute Gasteiger partial charge is 0.452 e. The number of ether oxygens (including phenoxy) is 1. The van der Waals surface area contributed by atoms with Gasteiger partial charge in [-0.1, -0.05) is 83.9 Å². The highest BCUT2D eigenvalue weighted by molar-refractivity contribution is 6.35. The van der Waals surface area contributed by atoms with Crippen molar-refractivity contribution in [3.63, 3.8) is 0 Å². The Morgan fingerprint density at radius 1 is 0.857 bits per heavy atom. The van der Waals surface area contributed by atoms with Crippen LogP contribution < -0.4 is 5.32 Å². The highest BCUT2D eigenvalue weighted by Gasteiger charge is 2.19. The minimum atomic E-state index is -0.710. The number of benzene rings is 3. The molecular formula is C22H17Cl2NO3. The van der Waals surface area contributed by atoms with E-state index in [0.717, 1.165) is 11.1 Å². The fraction of sp³-hybridized carbons (Fsp3) is 0.0909. The average molecular weight is 414 g/mol. The molecule has 3 rings (SSSR count). The summed E-state index contributed by atoms with van der Waals surface area (Å²) in [5.41, 5.74) is 1.96. The van der Waals surface area contributed by atoms with Crippen LogP contribution in [0.3, 0.4) is 0 Å². The molecule has 0 aromatic heterocycles. The monoisotopic (exact) mass is 413 g/mol. The van der Waals surface area contributed by atoms with E-state index in [1.807, 2.05) is 60.7 Å². The molecule has 28 heavy (non-hydrogen) atoms. The normalized spacial score (nSPS) is 10.5. The van der Waals surface area contributed by atoms with Gasteiger partial charge in [-0.2, -0.15) is 0 Å². The quantitative estimate of drug-likeness (QED) is 0.574. The van der Waals surface area contributed by atoms with Gasteiger partial charge < -0.3 is 10.1 Å². The number of nitrogens with one attached hydrogen (secondary N) is 1. The van der Waals surface area contributed by atoms with E-state index in [1.54, 1.807) is 6.07 Å². The Morgan fingerprint density at radius 2 is 1.43 bits per heavy atom. The Balaban J connectivity index is 1.69. The number of carbonyl (C=O) groups excluding carboxylic acids is 2. The maximum atomic E-state index is 12.4. The number of esters is 1. The lowest BCUT2D eigenvalue weighted by atomic mass is 9.99. The number of amides is 1. The van der Waals surface area contributed by atoms with Gasteiger partial charge in [0.1, 0.15) is 0 Å². The lowest BCUT2D eigenvalue weighted by molar-refractivity contribution is -0.124. The van der Waals surface area contributed by atoms with E-state index in [0.29, 0.717) is 5.02 Å². The average Bonchev–Trinajstić information content (AvgIpc) is 2.73. The molecule has 0 saturated heterocycles. The molecule has 0 aliphatic rings. The molecule has 0 unspecified atom stereocenters. The lowest BCUT2D eigenvalue weighted by Gasteiger charge is -2.20. The van der Waals surface area contributed by atoms with E-state index in [9.17, 15) is 9.59 Å². The van der Waals surface area contributed by atoms with E-state index in [1.165, 1.54) is 12.1 Å². The molecule has 6 heteroatoms. The minimum Gasteiger partial charge on any atom is -0.452 e. The summed E-state index contributed by atoms with van der Waals surface area (Å²) in [6.45, 7) is -0.433. The molecule has 1 N–H and O–H groups in total. The molecule has 0 fully saturated rings. The third-order valence-corrected chi connectivity index (χ3v) is 4.62. The zero-order chi connectivity index (χ0) is 19.9. The number of hydrogen-bond donors (Lipinski definition) is 1. The van der Waals surface area contributed by atoms with Gasteiger partial charge in [-0.05, 0) is 29.3 Å². The Labute approximate surface area is 173 Å². The molecule has 4 nitrogen and oxygen atoms in total. The van der Waals surface area contributed by atoms with E-state index in [-0.39, 0.29) is 16.6 Å². The van der Waals surface area contributed by atoms with Gasteiger partial charge in [0, 0.05) is 5.02 Å². The first-order valence-electron chi connectivity index (χ1n) is 8.56. The summed E-state index contributed by atoms with van der Waals surface area (Å²) >= 11 is 11.9. The second kappa shape index (κ2) is 9.40. The van der Waals surface area contributed by atoms with E-state index in [4.69, 9.17) is 27.9 Å². The summed E-state index contributed by atoms with van der Waals surface area (Å²) in [5.74, 6) is -1.14. The number of halogens is 2. The van der Waals surface area contributed by atoms with Crippen LogP contribution in [0.2, 0.25) is 10.0 Å². The molecule has 1 amide bonds. The van der Waals surface area contributed by atoms with Gasteiger partial charge in [0.15, 0.2) is 6.61 Å². The number of carbonyl (C=O) groups is 2. The maximum absolute atomic E-state index is 12.4. The Hall–Kier alpha value is -2.82. The van der Waals surface area contributed by atoms with Crippen LogP contribution in [-0.2, 0) is 9.53 Å². The maximum Gasteiger partial charge on any atom is 0.340 e. The van der Waals surface area contributed by atoms with Gasteiger partial charge in [-0.25, -0.2) is 4.79 Å². The SMILES string of the molecule is O=C(COC(=O)c1cc(Cl)ccc1Cl)NC(c1ccccc1)c1ccccc1. The molecule has 0 aliphatic heterocycles. The van der Waals surface area contributed by atoms with E-state index in [2.05, 4.69) is 5.32 Å². The summed E-state index contributed by atoms with van der Waals surface area (Å²) in [7, 11) is 0. The molecule has 3 aromatic rings. The van der Waals surface area contributed by atoms with Crippen LogP contribution in [0.4, 0.5) is 0 Å². The predicted octanol–water partition coefficient (Wildman–Crippen LogP) is 5.06. The van der Waals surface area contributed by atoms with Gasteiger partial charge in [-0.15, -0.1) is 0 Å². The van der Waals surface area contributed by atoms with Crippen molar-refractivity contribution in [1.82, 2.24) is 5.32 Å². The molecule has 0 spiro atoms. The standard InChI is InChI=1S/C22H17Cl2NO3/c23-17-11-12-19(24)18(13-17)22(27)28-14-20(26)25-21(15-7-3-1-4-8-15)16-9-5-2-6-10-16/h1-13,21H,14H2,(H,25,26). The lowest BCUT2D eigenvalue weighted by Crippen LogP contribution is -2.33. The minimum absolute atomic E-state index is 0.115. The molecule has 0 atom stereocenters. The van der Waals surface area contributed by atoms with Gasteiger partial charge in [0.25, 0.3) is 5.91 Å². The van der Waals surface area contributed by atoms with Crippen molar-refractivity contribution in [2.24, 2.45) is 0 Å². The van der Waals surface area contributed by atoms with Gasteiger partial charge in [-0.3, -0.25) is 4.79 Å². The highest BCUT2D eigenvalue weighted by atomic mass is 35.5. The first kappa shape index (κ1) is 19.9. The van der Waals surface area contributed by atoms with Gasteiger partial charge >= 0.3 is 5.97 Å². The van der Waals surface area contributed by atoms with Crippen LogP contribution in [-0.4, -0.2) is 18.5 Å². The van der Waals surface area contributed by atoms with Crippen molar-refractivity contribution in [3.05, 3.63) is 106 Å². The second-order valence-electron chi connectivity index (χ2n) is 6.02. The van der Waals surface area contributed by atoms with Crippen LogP contribution >= 0.6 is 23.2 Å². The van der Waals surface area contributed by atoms with Crippen molar-refractivity contribution in [2.75, 3.05) is 6.61 Å². The molecule has 0 bridgehead atoms. The molecule has 0 saturated carbocycles. The van der Waals surface area contributed by atoms with Crippen LogP contribution in [0.5, 0.6) is 0 Å². The van der Waals surface area contributed by atoms with Crippen LogP contribution in [0.25, 0.3) is 0 Å². The summed E-state index contributed by atoms with van der Waals surface area (Å²) in [5, 5.41) is 3.47. The smallest absolute Gasteiger partial charge is 0.340 e. The van der Waals surface area contributed by atoms with E-state index >= 15 is 0 Å². The Bertz CT molecular complexity index is 923. The van der Waals surface area contributed by atoms with Gasteiger partial charge in [0.2, 0.25) is 0 Å². The topological polar surface area (TPSA) is 55.4 Å². The fourth-order valence-corrected chi connectivity index (χ4v) is 3.08. The first-order chi connectivity index (χ1) is 13.5. The van der Waals surface area contributed by atoms with Crippen LogP contribution in [0.15, 0.2) is 78.9 Å². The molecule has 3 aromatic carbocycles. The van der Waals surface area contributed by atoms with Crippen molar-refractivity contribution >= 4 is 35.1 Å². The number of hydrogen-bond acceptors (Lipinski definition) is 3. The van der Waals surface area contributed by atoms with Crippen LogP contribution in [0.1, 0.15) is 27.5 Å². The zero-order valence-corrected chi connectivity index (χ0v) is 16.3. The van der Waals surface area contributed by atoms with E-state index < -0.39 is 18.5 Å². The number of rotatable bonds is 6. The molecule has 142 valence electrons. The molecule has 0 aliphatic carbocycles. The predicted molar refractivity (Wildman–Crippen MR) is 110 cm³/mol. The summed E-state index contributed by atoms with van der Waals surface area (Å²) in [6, 6.07) is 23.2. The molecule has 0 radical (unpaired) electrons. The Kier molecular flexibility index (Phi) is 6.69. The first-order valence-corrected chi connectivity index (χ1v) is 9.31. The summed E-state index contributed by atoms with van der Waals surface area (Å²) < 4.78 is 5.10. The highest BCUT2D eigenvalue weighted by Crippen LogP contribution is 2.23. The van der Waals surface area contributed by atoms with Crippen molar-refractivity contribution in [2.45, 2.75) is 6.04 Å². The third kappa shape index (κ3) is 5.12. The van der Waals surface area contributed by atoms with Gasteiger partial charge in [0.05, 0.1) is 16.6 Å². The van der Waals surface area contributed by atoms with Crippen molar-refractivity contribution in [3.8, 4) is 0 Å². The van der Waals surface area contributed by atoms with Crippen LogP contribution in [0, 0.1) is 0 Å².